The van der Waals surface area contributed by atoms with Gasteiger partial charge in [0.05, 0.1) is 13.2 Å². The highest BCUT2D eigenvalue weighted by Gasteiger charge is 2.46. The molecule has 3 fully saturated rings. The molecule has 6 heteroatoms. The van der Waals surface area contributed by atoms with Gasteiger partial charge in [-0.15, -0.1) is 0 Å². The Morgan fingerprint density at radius 3 is 2.43 bits per heavy atom. The fraction of sp³-hybridized carbons (Fsp3) is 0.682. The maximum Gasteiger partial charge on any atom is 0.255 e. The summed E-state index contributed by atoms with van der Waals surface area (Å²) < 4.78 is 11.6. The summed E-state index contributed by atoms with van der Waals surface area (Å²) >= 11 is 0. The van der Waals surface area contributed by atoms with Crippen LogP contribution in [0.5, 0.6) is 0 Å². The second-order valence-corrected chi connectivity index (χ2v) is 8.40. The number of aryl methyl sites for hydroxylation is 1. The molecule has 28 heavy (non-hydrogen) atoms. The van der Waals surface area contributed by atoms with Crippen molar-refractivity contribution in [2.75, 3.05) is 45.9 Å². The van der Waals surface area contributed by atoms with E-state index in [-0.39, 0.29) is 5.91 Å². The van der Waals surface area contributed by atoms with Crippen molar-refractivity contribution < 1.29 is 19.4 Å². The molecule has 0 radical (unpaired) electrons. The summed E-state index contributed by atoms with van der Waals surface area (Å²) in [6.07, 6.45) is 4.90. The van der Waals surface area contributed by atoms with E-state index < -0.39 is 11.4 Å². The third-order valence-electron chi connectivity index (χ3n) is 6.36. The van der Waals surface area contributed by atoms with Crippen LogP contribution in [0.4, 0.5) is 0 Å². The van der Waals surface area contributed by atoms with Crippen LogP contribution in [0.25, 0.3) is 0 Å². The summed E-state index contributed by atoms with van der Waals surface area (Å²) in [5, 5.41) is 11.1. The van der Waals surface area contributed by atoms with Gasteiger partial charge in [0, 0.05) is 45.6 Å². The number of hydrogen-bond acceptors (Lipinski definition) is 5. The highest BCUT2D eigenvalue weighted by atomic mass is 16.7. The molecule has 0 aromatic heterocycles. The first-order valence-corrected chi connectivity index (χ1v) is 10.6. The van der Waals surface area contributed by atoms with Gasteiger partial charge in [-0.05, 0) is 31.2 Å². The zero-order valence-corrected chi connectivity index (χ0v) is 16.6. The Labute approximate surface area is 167 Å². The van der Waals surface area contributed by atoms with E-state index in [1.165, 1.54) is 5.56 Å². The molecule has 3 aliphatic heterocycles. The number of ether oxygens (including phenoxy) is 2. The van der Waals surface area contributed by atoms with Crippen molar-refractivity contribution in [1.82, 2.24) is 9.80 Å². The van der Waals surface area contributed by atoms with E-state index in [1.807, 2.05) is 23.1 Å². The topological polar surface area (TPSA) is 62.2 Å². The van der Waals surface area contributed by atoms with E-state index in [9.17, 15) is 9.90 Å². The molecule has 0 bridgehead atoms. The van der Waals surface area contributed by atoms with Gasteiger partial charge < -0.3 is 19.5 Å². The predicted molar refractivity (Wildman–Crippen MR) is 106 cm³/mol. The van der Waals surface area contributed by atoms with Crippen molar-refractivity contribution >= 4 is 5.91 Å². The molecule has 6 nitrogen and oxygen atoms in total. The number of benzene rings is 1. The Hall–Kier alpha value is -1.47. The number of carbonyl (C=O) groups excluding carboxylic acids is 1. The van der Waals surface area contributed by atoms with E-state index in [4.69, 9.17) is 9.47 Å². The van der Waals surface area contributed by atoms with Gasteiger partial charge in [-0.3, -0.25) is 9.69 Å². The zero-order valence-electron chi connectivity index (χ0n) is 16.6. The summed E-state index contributed by atoms with van der Waals surface area (Å²) in [6.45, 7) is 4.80. The third kappa shape index (κ3) is 4.40. The first-order valence-electron chi connectivity index (χ1n) is 10.6. The quantitative estimate of drug-likeness (QED) is 0.805. The minimum Gasteiger partial charge on any atom is -0.379 e. The molecule has 1 aromatic rings. The Bertz CT molecular complexity index is 652. The van der Waals surface area contributed by atoms with Crippen LogP contribution >= 0.6 is 0 Å². The average molecular weight is 389 g/mol. The summed E-state index contributed by atoms with van der Waals surface area (Å²) in [6, 6.07) is 10.4. The number of β-amino-alcohol motifs (C(OH)–C–C–N with tert-alkyl or cyclic N) is 1. The van der Waals surface area contributed by atoms with Gasteiger partial charge in [-0.1, -0.05) is 30.3 Å². The van der Waals surface area contributed by atoms with Crippen molar-refractivity contribution in [3.05, 3.63) is 35.9 Å². The summed E-state index contributed by atoms with van der Waals surface area (Å²) in [7, 11) is 0. The molecular formula is C22H32N2O4. The lowest BCUT2D eigenvalue weighted by atomic mass is 9.89. The van der Waals surface area contributed by atoms with E-state index in [2.05, 4.69) is 17.0 Å². The van der Waals surface area contributed by atoms with E-state index in [1.54, 1.807) is 0 Å². The van der Waals surface area contributed by atoms with Gasteiger partial charge in [0.25, 0.3) is 5.91 Å². The zero-order chi connectivity index (χ0) is 19.5. The molecule has 4 rings (SSSR count). The Morgan fingerprint density at radius 1 is 1.00 bits per heavy atom. The maximum atomic E-state index is 13.0. The smallest absolute Gasteiger partial charge is 0.255 e. The molecule has 3 heterocycles. The number of rotatable bonds is 6. The number of piperidine rings is 2. The van der Waals surface area contributed by atoms with Crippen LogP contribution < -0.4 is 0 Å². The second kappa shape index (κ2) is 8.49. The maximum absolute atomic E-state index is 13.0. The molecule has 3 saturated heterocycles. The average Bonchev–Trinajstić information content (AvgIpc) is 3.16. The molecule has 3 aliphatic rings. The van der Waals surface area contributed by atoms with Crippen molar-refractivity contribution in [2.45, 2.75) is 49.9 Å². The fourth-order valence-corrected chi connectivity index (χ4v) is 4.75. The lowest BCUT2D eigenvalue weighted by Gasteiger charge is -2.43. The number of nitrogens with zero attached hydrogens (tertiary/aromatic N) is 2. The third-order valence-corrected chi connectivity index (χ3v) is 6.36. The number of aliphatic hydroxyl groups is 1. The van der Waals surface area contributed by atoms with Gasteiger partial charge in [0.1, 0.15) is 0 Å². The van der Waals surface area contributed by atoms with Crippen LogP contribution in [0.15, 0.2) is 30.3 Å². The normalized spacial score (nSPS) is 28.2. The summed E-state index contributed by atoms with van der Waals surface area (Å²) in [5.74, 6) is -0.514. The molecule has 0 unspecified atom stereocenters. The SMILES string of the molecule is O=C1N(CCCc2ccccc2)CCC[C@]1(O)CN1CCC2(CC1)OCCO2. The summed E-state index contributed by atoms with van der Waals surface area (Å²) in [4.78, 5) is 17.1. The minimum atomic E-state index is -1.26. The van der Waals surface area contributed by atoms with Gasteiger partial charge in [0.2, 0.25) is 0 Å². The highest BCUT2D eigenvalue weighted by molar-refractivity contribution is 5.86. The van der Waals surface area contributed by atoms with E-state index >= 15 is 0 Å². The molecule has 1 amide bonds. The molecule has 1 N–H and O–H groups in total. The lowest BCUT2D eigenvalue weighted by Crippen LogP contribution is -2.60. The number of hydrogen-bond donors (Lipinski definition) is 1. The first-order chi connectivity index (χ1) is 13.6. The van der Waals surface area contributed by atoms with Crippen LogP contribution in [0.2, 0.25) is 0 Å². The van der Waals surface area contributed by atoms with Gasteiger partial charge in [0.15, 0.2) is 11.4 Å². The molecule has 1 spiro atoms. The molecule has 0 saturated carbocycles. The van der Waals surface area contributed by atoms with E-state index in [0.717, 1.165) is 51.7 Å². The minimum absolute atomic E-state index is 0.0968. The van der Waals surface area contributed by atoms with Gasteiger partial charge in [-0.25, -0.2) is 0 Å². The molecular weight excluding hydrogens is 356 g/mol. The fourth-order valence-electron chi connectivity index (χ4n) is 4.75. The molecule has 0 aliphatic carbocycles. The van der Waals surface area contributed by atoms with Gasteiger partial charge >= 0.3 is 0 Å². The molecule has 154 valence electrons. The second-order valence-electron chi connectivity index (χ2n) is 8.40. The van der Waals surface area contributed by atoms with Crippen LogP contribution in [0, 0.1) is 0 Å². The Kier molecular flexibility index (Phi) is 6.01. The largest absolute Gasteiger partial charge is 0.379 e. The first kappa shape index (κ1) is 19.8. The monoisotopic (exact) mass is 388 g/mol. The van der Waals surface area contributed by atoms with Crippen LogP contribution in [-0.4, -0.2) is 78.1 Å². The van der Waals surface area contributed by atoms with Crippen molar-refractivity contribution in [2.24, 2.45) is 0 Å². The van der Waals surface area contributed by atoms with Crippen LogP contribution in [0.1, 0.15) is 37.7 Å². The number of carbonyl (C=O) groups is 1. The Morgan fingerprint density at radius 2 is 1.71 bits per heavy atom. The number of likely N-dealkylation sites (tertiary alicyclic amines) is 2. The van der Waals surface area contributed by atoms with Crippen LogP contribution in [-0.2, 0) is 20.7 Å². The van der Waals surface area contributed by atoms with E-state index in [0.29, 0.717) is 32.7 Å². The molecule has 1 atom stereocenters. The predicted octanol–water partition coefficient (Wildman–Crippen LogP) is 1.81. The van der Waals surface area contributed by atoms with Crippen molar-refractivity contribution in [3.8, 4) is 0 Å². The number of amides is 1. The van der Waals surface area contributed by atoms with Crippen molar-refractivity contribution in [3.63, 3.8) is 0 Å². The molecule has 1 aromatic carbocycles. The standard InChI is InChI=1S/C22H32N2O4/c25-20-21(26,18-23-14-10-22(11-15-23)27-16-17-28-22)9-5-13-24(20)12-4-8-19-6-2-1-3-7-19/h1-3,6-7,26H,4-5,8-18H2/t21-/m0/s1. The highest BCUT2D eigenvalue weighted by Crippen LogP contribution is 2.33. The Balaban J connectivity index is 1.28. The summed E-state index contributed by atoms with van der Waals surface area (Å²) in [5.41, 5.74) is 0.0354. The van der Waals surface area contributed by atoms with Crippen LogP contribution in [0.3, 0.4) is 0 Å². The van der Waals surface area contributed by atoms with Crippen molar-refractivity contribution in [1.29, 1.82) is 0 Å². The van der Waals surface area contributed by atoms with Gasteiger partial charge in [-0.2, -0.15) is 0 Å². The lowest BCUT2D eigenvalue weighted by molar-refractivity contribution is -0.190.